The molecule has 0 radical (unpaired) electrons. The van der Waals surface area contributed by atoms with E-state index >= 15 is 0 Å². The van der Waals surface area contributed by atoms with Crippen molar-refractivity contribution in [2.75, 3.05) is 39.3 Å². The van der Waals surface area contributed by atoms with Crippen molar-refractivity contribution in [3.63, 3.8) is 0 Å². The van der Waals surface area contributed by atoms with Gasteiger partial charge in [-0.2, -0.15) is 4.98 Å². The van der Waals surface area contributed by atoms with Crippen LogP contribution >= 0.6 is 12.4 Å². The van der Waals surface area contributed by atoms with Crippen LogP contribution in [0.4, 0.5) is 0 Å². The smallest absolute Gasteiger partial charge is 0.257 e. The third-order valence-electron chi connectivity index (χ3n) is 5.88. The fourth-order valence-electron chi connectivity index (χ4n) is 4.07. The van der Waals surface area contributed by atoms with Gasteiger partial charge in [-0.25, -0.2) is 0 Å². The van der Waals surface area contributed by atoms with Crippen molar-refractivity contribution in [2.24, 2.45) is 0 Å². The molecule has 150 valence electrons. The molecule has 1 amide bonds. The lowest BCUT2D eigenvalue weighted by Gasteiger charge is -2.32. The number of rotatable bonds is 4. The highest BCUT2D eigenvalue weighted by Crippen LogP contribution is 2.38. The van der Waals surface area contributed by atoms with Gasteiger partial charge in [-0.3, -0.25) is 9.69 Å². The van der Waals surface area contributed by atoms with Crippen LogP contribution in [0.3, 0.4) is 0 Å². The van der Waals surface area contributed by atoms with Gasteiger partial charge in [0, 0.05) is 62.4 Å². The summed E-state index contributed by atoms with van der Waals surface area (Å²) in [6.07, 6.45) is 3.37. The maximum atomic E-state index is 12.9. The SMILES string of the molecule is Cl.O=C(c1ccc(-c2nc(C3CC3)no2)cc1)N1CCC(N2CCNCC2)C1. The minimum atomic E-state index is 0. The summed E-state index contributed by atoms with van der Waals surface area (Å²) in [5.74, 6) is 1.93. The van der Waals surface area contributed by atoms with E-state index in [-0.39, 0.29) is 18.3 Å². The van der Waals surface area contributed by atoms with Crippen LogP contribution in [0, 0.1) is 0 Å². The Morgan fingerprint density at radius 2 is 1.82 bits per heavy atom. The molecule has 7 nitrogen and oxygen atoms in total. The molecule has 1 saturated carbocycles. The van der Waals surface area contributed by atoms with Crippen molar-refractivity contribution in [1.82, 2.24) is 25.3 Å². The number of piperazine rings is 1. The van der Waals surface area contributed by atoms with Crippen LogP contribution < -0.4 is 5.32 Å². The number of aromatic nitrogens is 2. The molecule has 3 fully saturated rings. The number of hydrogen-bond acceptors (Lipinski definition) is 6. The molecule has 3 aliphatic rings. The van der Waals surface area contributed by atoms with Crippen LogP contribution in [0.1, 0.15) is 41.4 Å². The predicted octanol–water partition coefficient (Wildman–Crippen LogP) is 2.16. The summed E-state index contributed by atoms with van der Waals surface area (Å²) in [7, 11) is 0. The summed E-state index contributed by atoms with van der Waals surface area (Å²) in [6.45, 7) is 5.91. The first-order valence-electron chi connectivity index (χ1n) is 9.96. The van der Waals surface area contributed by atoms with Gasteiger partial charge in [0.15, 0.2) is 5.82 Å². The number of nitrogens with one attached hydrogen (secondary N) is 1. The van der Waals surface area contributed by atoms with Gasteiger partial charge in [-0.15, -0.1) is 12.4 Å². The summed E-state index contributed by atoms with van der Waals surface area (Å²) < 4.78 is 5.37. The van der Waals surface area contributed by atoms with Gasteiger partial charge >= 0.3 is 0 Å². The first kappa shape index (κ1) is 19.4. The van der Waals surface area contributed by atoms with Crippen molar-refractivity contribution in [2.45, 2.75) is 31.2 Å². The second kappa shape index (κ2) is 8.19. The molecule has 1 aromatic heterocycles. The fraction of sp³-hybridized carbons (Fsp3) is 0.550. The average Bonchev–Trinajstić information content (AvgIpc) is 3.26. The lowest BCUT2D eigenvalue weighted by molar-refractivity contribution is 0.0773. The topological polar surface area (TPSA) is 74.5 Å². The van der Waals surface area contributed by atoms with E-state index in [0.29, 0.717) is 17.9 Å². The number of nitrogens with zero attached hydrogens (tertiary/aromatic N) is 4. The first-order valence-corrected chi connectivity index (χ1v) is 9.96. The molecule has 2 saturated heterocycles. The molecule has 2 aliphatic heterocycles. The zero-order chi connectivity index (χ0) is 18.2. The summed E-state index contributed by atoms with van der Waals surface area (Å²) in [5, 5.41) is 7.45. The number of halogens is 1. The van der Waals surface area contributed by atoms with E-state index in [4.69, 9.17) is 4.52 Å². The second-order valence-corrected chi connectivity index (χ2v) is 7.79. The van der Waals surface area contributed by atoms with Gasteiger partial charge in [-0.1, -0.05) is 5.16 Å². The third-order valence-corrected chi connectivity index (χ3v) is 5.88. The summed E-state index contributed by atoms with van der Waals surface area (Å²) >= 11 is 0. The van der Waals surface area contributed by atoms with E-state index in [1.54, 1.807) is 0 Å². The normalized spacial score (nSPS) is 22.9. The maximum Gasteiger partial charge on any atom is 0.257 e. The van der Waals surface area contributed by atoms with Gasteiger partial charge in [0.2, 0.25) is 0 Å². The van der Waals surface area contributed by atoms with Crippen LogP contribution in [0.2, 0.25) is 0 Å². The van der Waals surface area contributed by atoms with Gasteiger partial charge in [0.05, 0.1) is 0 Å². The molecule has 0 bridgehead atoms. The lowest BCUT2D eigenvalue weighted by Crippen LogP contribution is -2.49. The zero-order valence-corrected chi connectivity index (χ0v) is 16.7. The molecule has 8 heteroatoms. The van der Waals surface area contributed by atoms with Crippen molar-refractivity contribution in [1.29, 1.82) is 0 Å². The Bertz CT molecular complexity index is 814. The van der Waals surface area contributed by atoms with E-state index < -0.39 is 0 Å². The molecule has 28 heavy (non-hydrogen) atoms. The van der Waals surface area contributed by atoms with Gasteiger partial charge < -0.3 is 14.7 Å². The average molecular weight is 404 g/mol. The Labute approximate surface area is 170 Å². The largest absolute Gasteiger partial charge is 0.337 e. The molecular formula is C20H26ClN5O2. The lowest BCUT2D eigenvalue weighted by atomic mass is 10.1. The quantitative estimate of drug-likeness (QED) is 0.843. The number of carbonyl (C=O) groups is 1. The molecule has 1 N–H and O–H groups in total. The van der Waals surface area contributed by atoms with Crippen molar-refractivity contribution < 1.29 is 9.32 Å². The zero-order valence-electron chi connectivity index (χ0n) is 15.8. The summed E-state index contributed by atoms with van der Waals surface area (Å²) in [6, 6.07) is 8.05. The molecule has 3 heterocycles. The summed E-state index contributed by atoms with van der Waals surface area (Å²) in [5.41, 5.74) is 1.59. The molecule has 1 atom stereocenters. The third kappa shape index (κ3) is 3.92. The standard InChI is InChI=1S/C20H25N5O2.ClH/c26-20(25-10-7-17(13-25)24-11-8-21-9-12-24)16-5-3-15(4-6-16)19-22-18(23-27-19)14-1-2-14;/h3-6,14,17,21H,1-2,7-13H2;1H. The summed E-state index contributed by atoms with van der Waals surface area (Å²) in [4.78, 5) is 21.8. The van der Waals surface area contributed by atoms with E-state index in [1.807, 2.05) is 29.2 Å². The maximum absolute atomic E-state index is 12.9. The predicted molar refractivity (Wildman–Crippen MR) is 108 cm³/mol. The van der Waals surface area contributed by atoms with Crippen LogP contribution in [0.5, 0.6) is 0 Å². The van der Waals surface area contributed by atoms with Crippen LogP contribution in [0.15, 0.2) is 28.8 Å². The number of hydrogen-bond donors (Lipinski definition) is 1. The molecule has 0 spiro atoms. The number of amides is 1. The molecule has 1 unspecified atom stereocenters. The molecule has 1 aromatic carbocycles. The first-order chi connectivity index (χ1) is 13.3. The van der Waals surface area contributed by atoms with E-state index in [9.17, 15) is 4.79 Å². The Balaban J connectivity index is 0.00000192. The minimum Gasteiger partial charge on any atom is -0.337 e. The van der Waals surface area contributed by atoms with Gasteiger partial charge in [0.25, 0.3) is 11.8 Å². The van der Waals surface area contributed by atoms with Crippen LogP contribution in [-0.2, 0) is 0 Å². The van der Waals surface area contributed by atoms with Gasteiger partial charge in [-0.05, 0) is 43.5 Å². The van der Waals surface area contributed by atoms with E-state index in [0.717, 1.165) is 75.5 Å². The van der Waals surface area contributed by atoms with Gasteiger partial charge in [0.1, 0.15) is 0 Å². The van der Waals surface area contributed by atoms with Crippen molar-refractivity contribution in [3.8, 4) is 11.5 Å². The van der Waals surface area contributed by atoms with Crippen molar-refractivity contribution >= 4 is 18.3 Å². The Morgan fingerprint density at radius 3 is 2.54 bits per heavy atom. The highest BCUT2D eigenvalue weighted by Gasteiger charge is 2.31. The van der Waals surface area contributed by atoms with Crippen LogP contribution in [-0.4, -0.2) is 71.2 Å². The number of likely N-dealkylation sites (tertiary alicyclic amines) is 1. The van der Waals surface area contributed by atoms with Crippen LogP contribution in [0.25, 0.3) is 11.5 Å². The minimum absolute atomic E-state index is 0. The van der Waals surface area contributed by atoms with E-state index in [2.05, 4.69) is 20.4 Å². The van der Waals surface area contributed by atoms with E-state index in [1.165, 1.54) is 0 Å². The van der Waals surface area contributed by atoms with Crippen molar-refractivity contribution in [3.05, 3.63) is 35.7 Å². The monoisotopic (exact) mass is 403 g/mol. The molecule has 5 rings (SSSR count). The molecule has 2 aromatic rings. The molecule has 1 aliphatic carbocycles. The number of carbonyl (C=O) groups excluding carboxylic acids is 1. The highest BCUT2D eigenvalue weighted by molar-refractivity contribution is 5.94. The number of benzene rings is 1. The highest BCUT2D eigenvalue weighted by atomic mass is 35.5. The Morgan fingerprint density at radius 1 is 1.07 bits per heavy atom. The second-order valence-electron chi connectivity index (χ2n) is 7.79. The molecular weight excluding hydrogens is 378 g/mol. The fourth-order valence-corrected chi connectivity index (χ4v) is 4.07. The Kier molecular flexibility index (Phi) is 5.66. The Hall–Kier alpha value is -1.96.